The molecule has 0 atom stereocenters. The Labute approximate surface area is 158 Å². The normalized spacial score (nSPS) is 10.3. The van der Waals surface area contributed by atoms with Gasteiger partial charge in [0.1, 0.15) is 17.3 Å². The lowest BCUT2D eigenvalue weighted by molar-refractivity contribution is 0.102. The Morgan fingerprint density at radius 2 is 1.89 bits per heavy atom. The van der Waals surface area contributed by atoms with Crippen LogP contribution in [0.25, 0.3) is 0 Å². The van der Waals surface area contributed by atoms with Crippen molar-refractivity contribution >= 4 is 23.1 Å². The summed E-state index contributed by atoms with van der Waals surface area (Å²) in [5, 5.41) is 6.09. The number of hydrogen-bond acceptors (Lipinski definition) is 5. The Bertz CT molecular complexity index is 939. The van der Waals surface area contributed by atoms with Crippen LogP contribution in [0.2, 0.25) is 0 Å². The van der Waals surface area contributed by atoms with Crippen LogP contribution in [0.3, 0.4) is 0 Å². The summed E-state index contributed by atoms with van der Waals surface area (Å²) in [5.74, 6) is 0.948. The van der Waals surface area contributed by atoms with E-state index in [0.717, 1.165) is 28.9 Å². The molecule has 0 fully saturated rings. The number of hydrogen-bond donors (Lipinski definition) is 2. The van der Waals surface area contributed by atoms with Crippen molar-refractivity contribution in [2.75, 3.05) is 17.7 Å². The van der Waals surface area contributed by atoms with Crippen LogP contribution in [0.1, 0.15) is 28.5 Å². The molecule has 0 saturated heterocycles. The summed E-state index contributed by atoms with van der Waals surface area (Å²) in [5.41, 5.74) is 3.98. The fourth-order valence-electron chi connectivity index (χ4n) is 2.78. The first-order valence-corrected chi connectivity index (χ1v) is 8.74. The Balaban J connectivity index is 1.75. The highest BCUT2D eigenvalue weighted by Gasteiger charge is 2.12. The van der Waals surface area contributed by atoms with Crippen LogP contribution >= 0.6 is 0 Å². The van der Waals surface area contributed by atoms with Crippen LogP contribution < -0.4 is 15.4 Å². The zero-order valence-corrected chi connectivity index (χ0v) is 15.6. The van der Waals surface area contributed by atoms with Crippen molar-refractivity contribution in [3.05, 3.63) is 71.7 Å². The Kier molecular flexibility index (Phi) is 5.66. The fraction of sp³-hybridized carbons (Fsp3) is 0.190. The second-order valence-electron chi connectivity index (χ2n) is 6.03. The number of para-hydroxylation sites is 3. The second kappa shape index (κ2) is 8.31. The monoisotopic (exact) mass is 362 g/mol. The average molecular weight is 362 g/mol. The molecule has 0 aliphatic carbocycles. The number of aryl methyl sites for hydroxylation is 2. The predicted octanol–water partition coefficient (Wildman–Crippen LogP) is 4.35. The van der Waals surface area contributed by atoms with Crippen LogP contribution in [-0.2, 0) is 6.42 Å². The number of anilines is 3. The number of nitrogens with zero attached hydrogens (tertiary/aromatic N) is 2. The third-order valence-electron chi connectivity index (χ3n) is 4.23. The number of carbonyl (C=O) groups is 1. The molecule has 6 nitrogen and oxygen atoms in total. The zero-order chi connectivity index (χ0) is 19.2. The molecule has 27 heavy (non-hydrogen) atoms. The maximum atomic E-state index is 12.6. The molecule has 0 unspecified atom stereocenters. The second-order valence-corrected chi connectivity index (χ2v) is 6.03. The molecule has 1 heterocycles. The van der Waals surface area contributed by atoms with Gasteiger partial charge in [0.15, 0.2) is 0 Å². The molecule has 2 aromatic carbocycles. The molecule has 0 aliphatic rings. The number of ether oxygens (including phenoxy) is 1. The van der Waals surface area contributed by atoms with Crippen molar-refractivity contribution in [2.45, 2.75) is 20.3 Å². The number of nitrogens with one attached hydrogen (secondary N) is 2. The molecule has 1 aromatic heterocycles. The predicted molar refractivity (Wildman–Crippen MR) is 107 cm³/mol. The molecule has 0 spiro atoms. The van der Waals surface area contributed by atoms with Crippen molar-refractivity contribution in [3.63, 3.8) is 0 Å². The third kappa shape index (κ3) is 4.23. The Morgan fingerprint density at radius 3 is 2.59 bits per heavy atom. The lowest BCUT2D eigenvalue weighted by atomic mass is 10.1. The number of carbonyl (C=O) groups excluding carboxylic acids is 1. The summed E-state index contributed by atoms with van der Waals surface area (Å²) in [7, 11) is 1.61. The van der Waals surface area contributed by atoms with Gasteiger partial charge < -0.3 is 15.4 Å². The summed E-state index contributed by atoms with van der Waals surface area (Å²) in [6, 6.07) is 13.5. The van der Waals surface area contributed by atoms with Crippen LogP contribution in [-0.4, -0.2) is 23.0 Å². The van der Waals surface area contributed by atoms with Gasteiger partial charge in [-0.2, -0.15) is 0 Å². The number of benzene rings is 2. The summed E-state index contributed by atoms with van der Waals surface area (Å²) < 4.78 is 5.30. The largest absolute Gasteiger partial charge is 0.495 e. The minimum absolute atomic E-state index is 0.255. The smallest absolute Gasteiger partial charge is 0.275 e. The lowest BCUT2D eigenvalue weighted by Crippen LogP contribution is -2.16. The molecule has 3 aromatic rings. The van der Waals surface area contributed by atoms with Crippen molar-refractivity contribution < 1.29 is 9.53 Å². The molecule has 6 heteroatoms. The Morgan fingerprint density at radius 1 is 1.07 bits per heavy atom. The molecule has 0 bridgehead atoms. The molecule has 1 amide bonds. The summed E-state index contributed by atoms with van der Waals surface area (Å²) in [4.78, 5) is 21.1. The van der Waals surface area contributed by atoms with Crippen molar-refractivity contribution in [1.29, 1.82) is 0 Å². The maximum Gasteiger partial charge on any atom is 0.275 e. The van der Waals surface area contributed by atoms with E-state index in [0.29, 0.717) is 11.6 Å². The molecule has 138 valence electrons. The van der Waals surface area contributed by atoms with E-state index in [2.05, 4.69) is 27.5 Å². The van der Waals surface area contributed by atoms with Gasteiger partial charge in [0.2, 0.25) is 0 Å². The standard InChI is InChI=1S/C21H22N4O2/c1-4-15-9-7-8-14(2)20(15)25-21(26)17-12-23-19(13-22-17)24-16-10-5-6-11-18(16)27-3/h5-13H,4H2,1-3H3,(H,23,24)(H,25,26). The van der Waals surface area contributed by atoms with E-state index in [9.17, 15) is 4.79 Å². The van der Waals surface area contributed by atoms with Crippen LogP contribution in [0, 0.1) is 6.92 Å². The van der Waals surface area contributed by atoms with E-state index >= 15 is 0 Å². The van der Waals surface area contributed by atoms with Crippen LogP contribution in [0.4, 0.5) is 17.2 Å². The van der Waals surface area contributed by atoms with Gasteiger partial charge in [0.05, 0.1) is 25.2 Å². The first kappa shape index (κ1) is 18.4. The Hall–Kier alpha value is -3.41. The third-order valence-corrected chi connectivity index (χ3v) is 4.23. The van der Waals surface area contributed by atoms with Gasteiger partial charge in [-0.1, -0.05) is 37.3 Å². The summed E-state index contributed by atoms with van der Waals surface area (Å²) >= 11 is 0. The molecule has 0 radical (unpaired) electrons. The van der Waals surface area contributed by atoms with Gasteiger partial charge in [-0.3, -0.25) is 4.79 Å². The first-order chi connectivity index (χ1) is 13.1. The van der Waals surface area contributed by atoms with Gasteiger partial charge in [-0.15, -0.1) is 0 Å². The van der Waals surface area contributed by atoms with Gasteiger partial charge in [0.25, 0.3) is 5.91 Å². The van der Waals surface area contributed by atoms with Gasteiger partial charge >= 0.3 is 0 Å². The SMILES string of the molecule is CCc1cccc(C)c1NC(=O)c1cnc(Nc2ccccc2OC)cn1. The van der Waals surface area contributed by atoms with E-state index in [1.54, 1.807) is 7.11 Å². The molecule has 0 saturated carbocycles. The quantitative estimate of drug-likeness (QED) is 0.682. The molecular weight excluding hydrogens is 340 g/mol. The van der Waals surface area contributed by atoms with E-state index in [1.807, 2.05) is 49.4 Å². The highest BCUT2D eigenvalue weighted by Crippen LogP contribution is 2.26. The molecule has 2 N–H and O–H groups in total. The van der Waals surface area contributed by atoms with Crippen LogP contribution in [0.15, 0.2) is 54.9 Å². The summed E-state index contributed by atoms with van der Waals surface area (Å²) in [6.07, 6.45) is 3.82. The molecular formula is C21H22N4O2. The van der Waals surface area contributed by atoms with E-state index in [4.69, 9.17) is 4.74 Å². The highest BCUT2D eigenvalue weighted by atomic mass is 16.5. The van der Waals surface area contributed by atoms with E-state index < -0.39 is 0 Å². The van der Waals surface area contributed by atoms with Crippen molar-refractivity contribution in [2.24, 2.45) is 0 Å². The van der Waals surface area contributed by atoms with Crippen LogP contribution in [0.5, 0.6) is 5.75 Å². The minimum atomic E-state index is -0.282. The zero-order valence-electron chi connectivity index (χ0n) is 15.6. The molecule has 3 rings (SSSR count). The summed E-state index contributed by atoms with van der Waals surface area (Å²) in [6.45, 7) is 4.03. The van der Waals surface area contributed by atoms with Gasteiger partial charge in [-0.05, 0) is 36.6 Å². The number of methoxy groups -OCH3 is 1. The van der Waals surface area contributed by atoms with E-state index in [-0.39, 0.29) is 11.6 Å². The first-order valence-electron chi connectivity index (χ1n) is 8.74. The number of amides is 1. The van der Waals surface area contributed by atoms with Crippen molar-refractivity contribution in [3.8, 4) is 5.75 Å². The number of aromatic nitrogens is 2. The maximum absolute atomic E-state index is 12.6. The lowest BCUT2D eigenvalue weighted by Gasteiger charge is -2.13. The van der Waals surface area contributed by atoms with Gasteiger partial charge in [-0.25, -0.2) is 9.97 Å². The highest BCUT2D eigenvalue weighted by molar-refractivity contribution is 6.03. The fourth-order valence-corrected chi connectivity index (χ4v) is 2.78. The van der Waals surface area contributed by atoms with E-state index in [1.165, 1.54) is 12.4 Å². The van der Waals surface area contributed by atoms with Gasteiger partial charge in [0, 0.05) is 5.69 Å². The minimum Gasteiger partial charge on any atom is -0.495 e. The average Bonchev–Trinajstić information content (AvgIpc) is 2.70. The molecule has 0 aliphatic heterocycles. The van der Waals surface area contributed by atoms with Crippen molar-refractivity contribution in [1.82, 2.24) is 9.97 Å². The number of rotatable bonds is 6. The topological polar surface area (TPSA) is 76.1 Å².